The van der Waals surface area contributed by atoms with Gasteiger partial charge in [0.15, 0.2) is 0 Å². The molecule has 0 aromatic heterocycles. The third-order valence-corrected chi connectivity index (χ3v) is 4.01. The number of unbranched alkanes of at least 4 members (excludes halogenated alkanes) is 14. The molecular formula is C20H39. The van der Waals surface area contributed by atoms with E-state index in [0.717, 1.165) is 6.42 Å². The molecule has 20 heavy (non-hydrogen) atoms. The summed E-state index contributed by atoms with van der Waals surface area (Å²) in [4.78, 5) is 0. The first-order valence-corrected chi connectivity index (χ1v) is 9.36. The summed E-state index contributed by atoms with van der Waals surface area (Å²) in [6.45, 7) is 6.16. The van der Waals surface area contributed by atoms with Crippen LogP contribution in [0.15, 0.2) is 12.2 Å². The average molecular weight is 280 g/mol. The highest BCUT2D eigenvalue weighted by molar-refractivity contribution is 4.81. The van der Waals surface area contributed by atoms with Gasteiger partial charge in [0.05, 0.1) is 0 Å². The first kappa shape index (κ1) is 19.7. The Morgan fingerprint density at radius 2 is 0.950 bits per heavy atom. The van der Waals surface area contributed by atoms with Gasteiger partial charge in [-0.3, -0.25) is 0 Å². The van der Waals surface area contributed by atoms with Crippen molar-refractivity contribution in [2.75, 3.05) is 0 Å². The molecule has 0 spiro atoms. The van der Waals surface area contributed by atoms with E-state index in [1.54, 1.807) is 0 Å². The van der Waals surface area contributed by atoms with Crippen LogP contribution < -0.4 is 0 Å². The molecule has 0 bridgehead atoms. The second-order valence-corrected chi connectivity index (χ2v) is 6.14. The minimum Gasteiger partial charge on any atom is -0.0885 e. The predicted molar refractivity (Wildman–Crippen MR) is 94.0 cm³/mol. The fraction of sp³-hybridized carbons (Fsp3) is 0.850. The molecule has 0 aliphatic rings. The van der Waals surface area contributed by atoms with Crippen LogP contribution in [0, 0.1) is 6.92 Å². The van der Waals surface area contributed by atoms with E-state index >= 15 is 0 Å². The highest BCUT2D eigenvalue weighted by Gasteiger charge is 1.92. The number of rotatable bonds is 16. The molecule has 0 rings (SSSR count). The molecule has 0 saturated heterocycles. The minimum atomic E-state index is 1.12. The van der Waals surface area contributed by atoms with Crippen molar-refractivity contribution in [3.63, 3.8) is 0 Å². The zero-order chi connectivity index (χ0) is 14.7. The van der Waals surface area contributed by atoms with Crippen molar-refractivity contribution in [1.29, 1.82) is 0 Å². The molecule has 1 radical (unpaired) electrons. The summed E-state index contributed by atoms with van der Waals surface area (Å²) in [6.07, 6.45) is 26.8. The summed E-state index contributed by atoms with van der Waals surface area (Å²) >= 11 is 0. The Bertz CT molecular complexity index is 180. The van der Waals surface area contributed by atoms with Crippen LogP contribution in [0.2, 0.25) is 0 Å². The van der Waals surface area contributed by atoms with Gasteiger partial charge in [-0.25, -0.2) is 0 Å². The second-order valence-electron chi connectivity index (χ2n) is 6.14. The third-order valence-electron chi connectivity index (χ3n) is 4.01. The highest BCUT2D eigenvalue weighted by atomic mass is 14.0. The molecule has 0 nitrogen and oxygen atoms in total. The van der Waals surface area contributed by atoms with E-state index < -0.39 is 0 Å². The van der Waals surface area contributed by atoms with Crippen LogP contribution in [0.5, 0.6) is 0 Å². The van der Waals surface area contributed by atoms with E-state index in [1.807, 2.05) is 0 Å². The number of hydrogen-bond acceptors (Lipinski definition) is 0. The lowest BCUT2D eigenvalue weighted by Gasteiger charge is -2.01. The van der Waals surface area contributed by atoms with Gasteiger partial charge in [0.2, 0.25) is 0 Å². The molecular weight excluding hydrogens is 240 g/mol. The average Bonchev–Trinajstić information content (AvgIpc) is 2.47. The Hall–Kier alpha value is -0.260. The Balaban J connectivity index is 3.00. The van der Waals surface area contributed by atoms with Crippen molar-refractivity contribution in [3.8, 4) is 0 Å². The van der Waals surface area contributed by atoms with Crippen LogP contribution in [0.1, 0.15) is 110 Å². The van der Waals surface area contributed by atoms with Crippen molar-refractivity contribution in [1.82, 2.24) is 0 Å². The van der Waals surface area contributed by atoms with Gasteiger partial charge in [-0.15, -0.1) is 0 Å². The Labute approximate surface area is 129 Å². The molecule has 0 aliphatic carbocycles. The summed E-state index contributed by atoms with van der Waals surface area (Å²) in [7, 11) is 0. The fourth-order valence-electron chi connectivity index (χ4n) is 2.60. The van der Waals surface area contributed by atoms with E-state index in [2.05, 4.69) is 26.0 Å². The van der Waals surface area contributed by atoms with E-state index in [9.17, 15) is 0 Å². The summed E-state index contributed by atoms with van der Waals surface area (Å²) in [5.74, 6) is 0. The van der Waals surface area contributed by atoms with E-state index in [0.29, 0.717) is 0 Å². The smallest absolute Gasteiger partial charge is 0.0351 e. The van der Waals surface area contributed by atoms with E-state index in [4.69, 9.17) is 0 Å². The lowest BCUT2D eigenvalue weighted by molar-refractivity contribution is 0.561. The molecule has 0 heteroatoms. The quantitative estimate of drug-likeness (QED) is 0.201. The molecule has 0 fully saturated rings. The topological polar surface area (TPSA) is 0 Å². The Morgan fingerprint density at radius 3 is 1.40 bits per heavy atom. The van der Waals surface area contributed by atoms with Crippen molar-refractivity contribution < 1.29 is 0 Å². The van der Waals surface area contributed by atoms with Gasteiger partial charge in [0, 0.05) is 0 Å². The molecule has 0 aromatic rings. The molecule has 0 aliphatic heterocycles. The van der Waals surface area contributed by atoms with Gasteiger partial charge in [-0.2, -0.15) is 0 Å². The van der Waals surface area contributed by atoms with Gasteiger partial charge in [0.1, 0.15) is 0 Å². The molecule has 0 amide bonds. The maximum atomic E-state index is 3.89. The predicted octanol–water partition coefficient (Wildman–Crippen LogP) is 7.64. The first-order chi connectivity index (χ1) is 9.91. The van der Waals surface area contributed by atoms with Gasteiger partial charge in [-0.05, 0) is 25.7 Å². The monoisotopic (exact) mass is 279 g/mol. The van der Waals surface area contributed by atoms with E-state index in [-0.39, 0.29) is 0 Å². The summed E-state index contributed by atoms with van der Waals surface area (Å²) < 4.78 is 0. The molecule has 0 N–H and O–H groups in total. The second kappa shape index (κ2) is 18.7. The fourth-order valence-corrected chi connectivity index (χ4v) is 2.60. The normalized spacial score (nSPS) is 11.5. The van der Waals surface area contributed by atoms with E-state index in [1.165, 1.54) is 96.3 Å². The zero-order valence-corrected chi connectivity index (χ0v) is 14.2. The van der Waals surface area contributed by atoms with Gasteiger partial charge < -0.3 is 0 Å². The maximum Gasteiger partial charge on any atom is -0.0351 e. The van der Waals surface area contributed by atoms with Crippen molar-refractivity contribution in [3.05, 3.63) is 19.1 Å². The molecule has 0 aromatic carbocycles. The largest absolute Gasteiger partial charge is 0.0885 e. The number of hydrogen-bond donors (Lipinski definition) is 0. The van der Waals surface area contributed by atoms with Crippen LogP contribution in [-0.2, 0) is 0 Å². The van der Waals surface area contributed by atoms with Crippen LogP contribution in [0.3, 0.4) is 0 Å². The lowest BCUT2D eigenvalue weighted by atomic mass is 10.1. The Kier molecular flexibility index (Phi) is 18.5. The third kappa shape index (κ3) is 17.7. The SMILES string of the molecule is [CH2]CCCCCCCCCCCC=CCCCCCC. The molecule has 0 saturated carbocycles. The van der Waals surface area contributed by atoms with Crippen molar-refractivity contribution in [2.45, 2.75) is 110 Å². The maximum absolute atomic E-state index is 3.89. The lowest BCUT2D eigenvalue weighted by Crippen LogP contribution is -1.81. The minimum absolute atomic E-state index is 1.12. The van der Waals surface area contributed by atoms with Crippen LogP contribution in [0.25, 0.3) is 0 Å². The summed E-state index contributed by atoms with van der Waals surface area (Å²) in [6, 6.07) is 0. The van der Waals surface area contributed by atoms with Gasteiger partial charge >= 0.3 is 0 Å². The zero-order valence-electron chi connectivity index (χ0n) is 14.2. The summed E-state index contributed by atoms with van der Waals surface area (Å²) in [5, 5.41) is 0. The molecule has 119 valence electrons. The molecule has 0 unspecified atom stereocenters. The van der Waals surface area contributed by atoms with Crippen LogP contribution in [0.4, 0.5) is 0 Å². The molecule has 0 heterocycles. The van der Waals surface area contributed by atoms with Crippen molar-refractivity contribution >= 4 is 0 Å². The van der Waals surface area contributed by atoms with Gasteiger partial charge in [-0.1, -0.05) is 103 Å². The first-order valence-electron chi connectivity index (χ1n) is 9.36. The van der Waals surface area contributed by atoms with Crippen LogP contribution in [-0.4, -0.2) is 0 Å². The van der Waals surface area contributed by atoms with Crippen molar-refractivity contribution in [2.24, 2.45) is 0 Å². The summed E-state index contributed by atoms with van der Waals surface area (Å²) in [5.41, 5.74) is 0. The highest BCUT2D eigenvalue weighted by Crippen LogP contribution is 2.11. The standard InChI is InChI=1S/C20H39/c1-3-5-7-9-11-13-15-17-19-20-18-16-14-12-10-8-6-4-2/h14,16H,1,3-13,15,17-20H2,2H3. The van der Waals surface area contributed by atoms with Gasteiger partial charge in [0.25, 0.3) is 0 Å². The van der Waals surface area contributed by atoms with Crippen LogP contribution >= 0.6 is 0 Å². The molecule has 0 atom stereocenters. The number of allylic oxidation sites excluding steroid dienone is 2. The Morgan fingerprint density at radius 1 is 0.550 bits per heavy atom.